The minimum absolute atomic E-state index is 0. The summed E-state index contributed by atoms with van der Waals surface area (Å²) in [4.78, 5) is 0.0925. The van der Waals surface area contributed by atoms with Crippen LogP contribution >= 0.6 is 0 Å². The van der Waals surface area contributed by atoms with Crippen LogP contribution in [0.4, 0.5) is 0 Å². The predicted octanol–water partition coefficient (Wildman–Crippen LogP) is 0.126. The second-order valence-electron chi connectivity index (χ2n) is 5.56. The molecule has 0 aromatic heterocycles. The molecule has 0 radical (unpaired) electrons. The van der Waals surface area contributed by atoms with Crippen LogP contribution in [0.2, 0.25) is 0 Å². The molecule has 1 saturated heterocycles. The third-order valence-corrected chi connectivity index (χ3v) is 5.94. The average Bonchev–Trinajstić information content (AvgIpc) is 2.64. The van der Waals surface area contributed by atoms with Crippen molar-refractivity contribution in [1.29, 1.82) is 0 Å². The Kier molecular flexibility index (Phi) is 8.81. The first kappa shape index (κ1) is 23.4. The zero-order valence-electron chi connectivity index (χ0n) is 12.7. The Morgan fingerprint density at radius 1 is 1.17 bits per heavy atom. The molecule has 2 rings (SSSR count). The molecule has 1 aromatic carbocycles. The van der Waals surface area contributed by atoms with Gasteiger partial charge in [-0.1, -0.05) is 32.0 Å². The fourth-order valence-corrected chi connectivity index (χ4v) is 4.24. The molecular weight excluding hydrogens is 664 g/mol. The van der Waals surface area contributed by atoms with E-state index in [0.29, 0.717) is 0 Å². The quantitative estimate of drug-likeness (QED) is 0.390. The van der Waals surface area contributed by atoms with Crippen molar-refractivity contribution in [3.05, 3.63) is 30.3 Å². The smallest absolute Gasteiger partial charge is 0.183 e. The molecule has 0 amide bonds. The average molecular weight is 684 g/mol. The maximum Gasteiger partial charge on any atom is 0.183 e. The van der Waals surface area contributed by atoms with Gasteiger partial charge in [-0.25, -0.2) is 8.42 Å². The molecule has 130 valence electrons. The van der Waals surface area contributed by atoms with Crippen LogP contribution in [0.1, 0.15) is 13.8 Å². The SMILES string of the molecule is CC1C(C)[C@@](O)(CS(=O)(=O)c2ccccc2)O[C@H]1C(O)O.[W].[W]. The van der Waals surface area contributed by atoms with Gasteiger partial charge >= 0.3 is 0 Å². The topological polar surface area (TPSA) is 104 Å². The summed E-state index contributed by atoms with van der Waals surface area (Å²) in [6.07, 6.45) is -2.79. The van der Waals surface area contributed by atoms with Crippen LogP contribution in [0.5, 0.6) is 0 Å². The Bertz CT molecular complexity index is 595. The van der Waals surface area contributed by atoms with Crippen molar-refractivity contribution >= 4 is 9.84 Å². The summed E-state index contributed by atoms with van der Waals surface area (Å²) in [5.41, 5.74) is 0. The second-order valence-corrected chi connectivity index (χ2v) is 7.55. The van der Waals surface area contributed by atoms with Crippen LogP contribution in [0.25, 0.3) is 0 Å². The van der Waals surface area contributed by atoms with E-state index in [-0.39, 0.29) is 52.9 Å². The molecule has 2 unspecified atom stereocenters. The number of hydrogen-bond acceptors (Lipinski definition) is 6. The van der Waals surface area contributed by atoms with E-state index in [2.05, 4.69) is 0 Å². The van der Waals surface area contributed by atoms with Gasteiger partial charge in [0, 0.05) is 48.0 Å². The van der Waals surface area contributed by atoms with Crippen LogP contribution in [0.15, 0.2) is 35.2 Å². The first-order valence-electron chi connectivity index (χ1n) is 6.71. The molecule has 0 spiro atoms. The number of sulfone groups is 1. The maximum atomic E-state index is 12.4. The van der Waals surface area contributed by atoms with Gasteiger partial charge in [-0.3, -0.25) is 0 Å². The largest absolute Gasteiger partial charge is 0.366 e. The third-order valence-electron chi connectivity index (χ3n) is 4.15. The van der Waals surface area contributed by atoms with Crippen molar-refractivity contribution in [3.8, 4) is 0 Å². The Hall–Kier alpha value is 0.387. The Balaban J connectivity index is 0.00000242. The van der Waals surface area contributed by atoms with Crippen LogP contribution in [-0.4, -0.2) is 47.7 Å². The standard InChI is InChI=1S/C14H20O6S.2W/c1-9-10(2)14(17,20-12(9)13(15)16)8-21(18,19)11-6-4-3-5-7-11;;/h3-7,9-10,12-13,15-17H,8H2,1-2H3;;/t9?,10?,12-,14-;;/m1../s1. The van der Waals surface area contributed by atoms with E-state index in [4.69, 9.17) is 4.74 Å². The Morgan fingerprint density at radius 3 is 2.13 bits per heavy atom. The van der Waals surface area contributed by atoms with E-state index >= 15 is 0 Å². The maximum absolute atomic E-state index is 12.4. The van der Waals surface area contributed by atoms with Crippen LogP contribution < -0.4 is 0 Å². The van der Waals surface area contributed by atoms with E-state index in [1.807, 2.05) is 0 Å². The van der Waals surface area contributed by atoms with Gasteiger partial charge in [0.1, 0.15) is 11.9 Å². The van der Waals surface area contributed by atoms with Gasteiger partial charge in [0.2, 0.25) is 0 Å². The Labute approximate surface area is 164 Å². The normalized spacial score (nSPS) is 30.6. The molecule has 4 atom stereocenters. The molecule has 1 aromatic rings. The first-order chi connectivity index (χ1) is 9.67. The van der Waals surface area contributed by atoms with Crippen molar-refractivity contribution in [2.75, 3.05) is 5.75 Å². The van der Waals surface area contributed by atoms with Crippen molar-refractivity contribution in [3.63, 3.8) is 0 Å². The molecule has 3 N–H and O–H groups in total. The summed E-state index contributed by atoms with van der Waals surface area (Å²) < 4.78 is 30.0. The molecule has 23 heavy (non-hydrogen) atoms. The van der Waals surface area contributed by atoms with Crippen molar-refractivity contribution in [2.45, 2.75) is 36.9 Å². The van der Waals surface area contributed by atoms with E-state index in [1.165, 1.54) is 12.1 Å². The van der Waals surface area contributed by atoms with E-state index < -0.39 is 39.7 Å². The number of rotatable bonds is 4. The Morgan fingerprint density at radius 2 is 1.70 bits per heavy atom. The zero-order chi connectivity index (χ0) is 15.8. The van der Waals surface area contributed by atoms with E-state index in [1.54, 1.807) is 32.0 Å². The zero-order valence-corrected chi connectivity index (χ0v) is 19.4. The third kappa shape index (κ3) is 4.94. The van der Waals surface area contributed by atoms with Crippen LogP contribution in [0, 0.1) is 11.8 Å². The molecule has 6 nitrogen and oxygen atoms in total. The van der Waals surface area contributed by atoms with Gasteiger partial charge in [0.05, 0.1) is 4.90 Å². The molecule has 0 saturated carbocycles. The van der Waals surface area contributed by atoms with Gasteiger partial charge < -0.3 is 20.1 Å². The number of aliphatic hydroxyl groups is 3. The van der Waals surface area contributed by atoms with Crippen molar-refractivity contribution in [2.24, 2.45) is 11.8 Å². The molecule has 1 fully saturated rings. The van der Waals surface area contributed by atoms with Gasteiger partial charge in [0.15, 0.2) is 21.9 Å². The molecule has 1 heterocycles. The minimum Gasteiger partial charge on any atom is -0.366 e. The molecule has 1 aliphatic heterocycles. The summed E-state index contributed by atoms with van der Waals surface area (Å²) in [5, 5.41) is 29.0. The van der Waals surface area contributed by atoms with Crippen LogP contribution in [0.3, 0.4) is 0 Å². The summed E-state index contributed by atoms with van der Waals surface area (Å²) in [7, 11) is -3.75. The molecule has 0 bridgehead atoms. The molecule has 1 aliphatic rings. The van der Waals surface area contributed by atoms with E-state index in [0.717, 1.165) is 0 Å². The summed E-state index contributed by atoms with van der Waals surface area (Å²) in [6.45, 7) is 3.31. The molecule has 9 heteroatoms. The summed E-state index contributed by atoms with van der Waals surface area (Å²) in [5.74, 6) is -3.51. The predicted molar refractivity (Wildman–Crippen MR) is 74.9 cm³/mol. The monoisotopic (exact) mass is 684 g/mol. The van der Waals surface area contributed by atoms with Gasteiger partial charge in [0.25, 0.3) is 0 Å². The van der Waals surface area contributed by atoms with E-state index in [9.17, 15) is 23.7 Å². The van der Waals surface area contributed by atoms with Crippen molar-refractivity contribution < 1.29 is 70.6 Å². The number of aliphatic hydroxyl groups excluding tert-OH is 1. The van der Waals surface area contributed by atoms with Gasteiger partial charge in [-0.15, -0.1) is 0 Å². The summed E-state index contributed by atoms with van der Waals surface area (Å²) in [6, 6.07) is 7.78. The minimum atomic E-state index is -3.75. The number of benzene rings is 1. The number of hydrogen-bond donors (Lipinski definition) is 3. The first-order valence-corrected chi connectivity index (χ1v) is 8.37. The molecule has 0 aliphatic carbocycles. The fourth-order valence-electron chi connectivity index (χ4n) is 2.63. The fraction of sp³-hybridized carbons (Fsp3) is 0.571. The van der Waals surface area contributed by atoms with Crippen LogP contribution in [-0.2, 0) is 56.7 Å². The number of ether oxygens (including phenoxy) is 1. The second kappa shape index (κ2) is 8.66. The summed E-state index contributed by atoms with van der Waals surface area (Å²) >= 11 is 0. The van der Waals surface area contributed by atoms with Gasteiger partial charge in [-0.05, 0) is 18.1 Å². The van der Waals surface area contributed by atoms with Crippen molar-refractivity contribution in [1.82, 2.24) is 0 Å². The molecular formula is C14H20O6SW2. The van der Waals surface area contributed by atoms with Gasteiger partial charge in [-0.2, -0.15) is 0 Å².